The average Bonchev–Trinajstić information content (AvgIpc) is 2.63. The third-order valence-corrected chi connectivity index (χ3v) is 3.83. The van der Waals surface area contributed by atoms with Crippen LogP contribution >= 0.6 is 0 Å². The fraction of sp³-hybridized carbons (Fsp3) is 0.333. The fourth-order valence-electron chi connectivity index (χ4n) is 2.31. The van der Waals surface area contributed by atoms with Crippen molar-refractivity contribution in [1.82, 2.24) is 5.32 Å². The van der Waals surface area contributed by atoms with Crippen LogP contribution in [-0.4, -0.2) is 36.7 Å². The molecule has 6 nitrogen and oxygen atoms in total. The summed E-state index contributed by atoms with van der Waals surface area (Å²) in [5, 5.41) is 11.9. The van der Waals surface area contributed by atoms with Gasteiger partial charge in [-0.2, -0.15) is 0 Å². The molecule has 0 bridgehead atoms. The molecule has 2 rings (SSSR count). The second-order valence-electron chi connectivity index (χ2n) is 7.10. The van der Waals surface area contributed by atoms with Crippen molar-refractivity contribution in [3.63, 3.8) is 0 Å². The van der Waals surface area contributed by atoms with Crippen LogP contribution in [0.25, 0.3) is 0 Å². The Kier molecular flexibility index (Phi) is 6.82. The number of aromatic hydroxyl groups is 1. The van der Waals surface area contributed by atoms with Crippen molar-refractivity contribution in [2.45, 2.75) is 26.2 Å². The largest absolute Gasteiger partial charge is 0.508 e. The van der Waals surface area contributed by atoms with Gasteiger partial charge in [-0.15, -0.1) is 0 Å². The van der Waals surface area contributed by atoms with E-state index in [1.165, 1.54) is 29.8 Å². The maximum atomic E-state index is 11.8. The lowest BCUT2D eigenvalue weighted by atomic mass is 9.87. The van der Waals surface area contributed by atoms with Gasteiger partial charge in [0.1, 0.15) is 18.1 Å². The number of esters is 1. The smallest absolute Gasteiger partial charge is 0.338 e. The van der Waals surface area contributed by atoms with E-state index >= 15 is 0 Å². The quantitative estimate of drug-likeness (QED) is 0.577. The van der Waals surface area contributed by atoms with Gasteiger partial charge in [-0.05, 0) is 41.3 Å². The first-order valence-corrected chi connectivity index (χ1v) is 8.72. The molecule has 6 heteroatoms. The number of carbonyl (C=O) groups is 2. The summed E-state index contributed by atoms with van der Waals surface area (Å²) in [4.78, 5) is 23.5. The average molecular weight is 371 g/mol. The van der Waals surface area contributed by atoms with Crippen molar-refractivity contribution in [2.24, 2.45) is 0 Å². The molecule has 1 amide bonds. The van der Waals surface area contributed by atoms with E-state index in [2.05, 4.69) is 26.1 Å². The van der Waals surface area contributed by atoms with Crippen LogP contribution in [0.1, 0.15) is 36.7 Å². The van der Waals surface area contributed by atoms with E-state index in [0.717, 1.165) is 5.75 Å². The number of nitrogens with one attached hydrogen (secondary N) is 1. The summed E-state index contributed by atoms with van der Waals surface area (Å²) in [7, 11) is 0. The van der Waals surface area contributed by atoms with Crippen molar-refractivity contribution in [3.8, 4) is 11.5 Å². The molecule has 2 N–H and O–H groups in total. The molecule has 2 aromatic carbocycles. The van der Waals surface area contributed by atoms with E-state index in [1.807, 2.05) is 24.3 Å². The first-order valence-electron chi connectivity index (χ1n) is 8.72. The molecular formula is C21H25NO5. The Labute approximate surface area is 159 Å². The Balaban J connectivity index is 1.67. The molecule has 0 unspecified atom stereocenters. The zero-order valence-electron chi connectivity index (χ0n) is 15.8. The molecule has 0 saturated heterocycles. The Bertz CT molecular complexity index is 778. The van der Waals surface area contributed by atoms with Crippen LogP contribution in [0.4, 0.5) is 0 Å². The lowest BCUT2D eigenvalue weighted by Crippen LogP contribution is -2.32. The van der Waals surface area contributed by atoms with Crippen LogP contribution in [0.15, 0.2) is 48.5 Å². The Morgan fingerprint density at radius 3 is 2.41 bits per heavy atom. The molecule has 27 heavy (non-hydrogen) atoms. The van der Waals surface area contributed by atoms with Crippen LogP contribution in [0, 0.1) is 0 Å². The second-order valence-corrected chi connectivity index (χ2v) is 7.10. The lowest BCUT2D eigenvalue weighted by Gasteiger charge is -2.19. The van der Waals surface area contributed by atoms with Crippen molar-refractivity contribution in [2.75, 3.05) is 19.8 Å². The molecule has 0 atom stereocenters. The van der Waals surface area contributed by atoms with Gasteiger partial charge >= 0.3 is 5.97 Å². The van der Waals surface area contributed by atoms with E-state index < -0.39 is 18.5 Å². The van der Waals surface area contributed by atoms with Crippen molar-refractivity contribution >= 4 is 11.9 Å². The molecule has 0 aliphatic carbocycles. The number of hydrogen-bond acceptors (Lipinski definition) is 5. The molecular weight excluding hydrogens is 346 g/mol. The molecule has 0 heterocycles. The molecule has 0 saturated carbocycles. The van der Waals surface area contributed by atoms with Crippen LogP contribution in [-0.2, 0) is 14.9 Å². The monoisotopic (exact) mass is 371 g/mol. The fourth-order valence-corrected chi connectivity index (χ4v) is 2.31. The van der Waals surface area contributed by atoms with E-state index in [0.29, 0.717) is 13.2 Å². The topological polar surface area (TPSA) is 84.9 Å². The Hall–Kier alpha value is -3.02. The zero-order chi connectivity index (χ0) is 19.9. The number of amides is 1. The van der Waals surface area contributed by atoms with Crippen LogP contribution in [0.5, 0.6) is 11.5 Å². The number of phenolic OH excluding ortho intramolecular Hbond substituents is 1. The number of ether oxygens (including phenoxy) is 2. The number of carbonyl (C=O) groups excluding carboxylic acids is 2. The van der Waals surface area contributed by atoms with E-state index in [9.17, 15) is 14.7 Å². The summed E-state index contributed by atoms with van der Waals surface area (Å²) in [6.07, 6.45) is 0. The van der Waals surface area contributed by atoms with Gasteiger partial charge in [-0.3, -0.25) is 4.79 Å². The summed E-state index contributed by atoms with van der Waals surface area (Å²) in [5.41, 5.74) is 1.49. The molecule has 0 aromatic heterocycles. The molecule has 144 valence electrons. The summed E-state index contributed by atoms with van der Waals surface area (Å²) >= 11 is 0. The highest BCUT2D eigenvalue weighted by Crippen LogP contribution is 2.24. The Morgan fingerprint density at radius 2 is 1.78 bits per heavy atom. The van der Waals surface area contributed by atoms with E-state index in [-0.39, 0.29) is 16.7 Å². The summed E-state index contributed by atoms with van der Waals surface area (Å²) < 4.78 is 10.5. The van der Waals surface area contributed by atoms with Gasteiger partial charge in [0.25, 0.3) is 5.91 Å². The summed E-state index contributed by atoms with van der Waals surface area (Å²) in [6, 6.07) is 13.6. The van der Waals surface area contributed by atoms with Gasteiger partial charge in [0.2, 0.25) is 0 Å². The SMILES string of the molecule is CC(C)(C)c1ccc(OCCNC(=O)COC(=O)c2cccc(O)c2)cc1. The van der Waals surface area contributed by atoms with Gasteiger partial charge in [0.05, 0.1) is 12.1 Å². The zero-order valence-corrected chi connectivity index (χ0v) is 15.8. The van der Waals surface area contributed by atoms with Crippen LogP contribution in [0.3, 0.4) is 0 Å². The van der Waals surface area contributed by atoms with Gasteiger partial charge in [0, 0.05) is 0 Å². The summed E-state index contributed by atoms with van der Waals surface area (Å²) in [6.45, 7) is 6.64. The number of rotatable bonds is 7. The molecule has 0 radical (unpaired) electrons. The minimum atomic E-state index is -0.670. The second kappa shape index (κ2) is 9.07. The van der Waals surface area contributed by atoms with Gasteiger partial charge in [0.15, 0.2) is 6.61 Å². The van der Waals surface area contributed by atoms with Crippen molar-refractivity contribution in [3.05, 3.63) is 59.7 Å². The Morgan fingerprint density at radius 1 is 1.07 bits per heavy atom. The van der Waals surface area contributed by atoms with Crippen molar-refractivity contribution < 1.29 is 24.2 Å². The standard InChI is InChI=1S/C21H25NO5/c1-21(2,3)16-7-9-18(10-8-16)26-12-11-22-19(24)14-27-20(25)15-5-4-6-17(23)13-15/h4-10,13,23H,11-12,14H2,1-3H3,(H,22,24). The summed E-state index contributed by atoms with van der Waals surface area (Å²) in [5.74, 6) is -0.402. The minimum absolute atomic E-state index is 0.0402. The van der Waals surface area contributed by atoms with Crippen LogP contribution < -0.4 is 10.1 Å². The number of hydrogen-bond donors (Lipinski definition) is 2. The lowest BCUT2D eigenvalue weighted by molar-refractivity contribution is -0.124. The van der Waals surface area contributed by atoms with E-state index in [1.54, 1.807) is 0 Å². The van der Waals surface area contributed by atoms with Gasteiger partial charge in [-0.1, -0.05) is 39.0 Å². The normalized spacial score (nSPS) is 10.9. The van der Waals surface area contributed by atoms with Gasteiger partial charge < -0.3 is 19.9 Å². The molecule has 2 aromatic rings. The first kappa shape index (κ1) is 20.3. The number of benzene rings is 2. The van der Waals surface area contributed by atoms with E-state index in [4.69, 9.17) is 9.47 Å². The predicted octanol–water partition coefficient (Wildman–Crippen LogP) is 3.04. The third kappa shape index (κ3) is 6.66. The highest BCUT2D eigenvalue weighted by atomic mass is 16.5. The highest BCUT2D eigenvalue weighted by molar-refractivity contribution is 5.91. The minimum Gasteiger partial charge on any atom is -0.508 e. The van der Waals surface area contributed by atoms with Gasteiger partial charge in [-0.25, -0.2) is 4.79 Å². The molecule has 0 fully saturated rings. The van der Waals surface area contributed by atoms with Crippen LogP contribution in [0.2, 0.25) is 0 Å². The molecule has 0 aliphatic heterocycles. The predicted molar refractivity (Wildman–Crippen MR) is 102 cm³/mol. The maximum absolute atomic E-state index is 11.8. The highest BCUT2D eigenvalue weighted by Gasteiger charge is 2.13. The molecule has 0 spiro atoms. The third-order valence-electron chi connectivity index (χ3n) is 3.83. The van der Waals surface area contributed by atoms with Crippen molar-refractivity contribution in [1.29, 1.82) is 0 Å². The molecule has 0 aliphatic rings. The number of phenols is 1. The maximum Gasteiger partial charge on any atom is 0.338 e. The first-order chi connectivity index (χ1) is 12.8.